The van der Waals surface area contributed by atoms with Crippen molar-refractivity contribution in [2.75, 3.05) is 5.32 Å². The van der Waals surface area contributed by atoms with Gasteiger partial charge in [0, 0.05) is 18.7 Å². The van der Waals surface area contributed by atoms with Crippen LogP contribution in [0.2, 0.25) is 0 Å². The summed E-state index contributed by atoms with van der Waals surface area (Å²) in [6.07, 6.45) is 0.824. The van der Waals surface area contributed by atoms with Crippen LogP contribution in [0.4, 0.5) is 5.82 Å². The van der Waals surface area contributed by atoms with E-state index in [0.29, 0.717) is 5.82 Å². The predicted molar refractivity (Wildman–Crippen MR) is 59.9 cm³/mol. The van der Waals surface area contributed by atoms with Crippen LogP contribution in [0.15, 0.2) is 6.07 Å². The van der Waals surface area contributed by atoms with E-state index in [1.54, 1.807) is 13.0 Å². The molecule has 0 saturated carbocycles. The Bertz CT molecular complexity index is 386. The number of hydrogen-bond donors (Lipinski definition) is 3. The molecular weight excluding hydrogens is 208 g/mol. The summed E-state index contributed by atoms with van der Waals surface area (Å²) in [6, 6.07) is 1.19. The Morgan fingerprint density at radius 1 is 1.56 bits per heavy atom. The van der Waals surface area contributed by atoms with Crippen LogP contribution in [0, 0.1) is 0 Å². The number of amides is 2. The van der Waals surface area contributed by atoms with E-state index < -0.39 is 6.04 Å². The molecule has 3 N–H and O–H groups in total. The van der Waals surface area contributed by atoms with E-state index in [2.05, 4.69) is 20.8 Å². The average molecular weight is 224 g/mol. The lowest BCUT2D eigenvalue weighted by molar-refractivity contribution is -0.124. The molecule has 0 fully saturated rings. The molecule has 0 aliphatic rings. The third kappa shape index (κ3) is 3.38. The number of rotatable bonds is 4. The van der Waals surface area contributed by atoms with Gasteiger partial charge in [-0.15, -0.1) is 0 Å². The summed E-state index contributed by atoms with van der Waals surface area (Å²) in [6.45, 7) is 4.97. The quantitative estimate of drug-likeness (QED) is 0.693. The highest BCUT2D eigenvalue weighted by atomic mass is 16.2. The van der Waals surface area contributed by atoms with Crippen molar-refractivity contribution in [3.8, 4) is 0 Å². The summed E-state index contributed by atoms with van der Waals surface area (Å²) < 4.78 is 0. The molecule has 1 heterocycles. The first-order valence-electron chi connectivity index (χ1n) is 5.15. The summed E-state index contributed by atoms with van der Waals surface area (Å²) in [7, 11) is 0. The number of nitrogens with zero attached hydrogens (tertiary/aromatic N) is 1. The molecule has 0 aromatic carbocycles. The van der Waals surface area contributed by atoms with Crippen LogP contribution in [-0.2, 0) is 16.0 Å². The number of nitrogens with one attached hydrogen (secondary N) is 3. The monoisotopic (exact) mass is 224 g/mol. The molecule has 88 valence electrons. The van der Waals surface area contributed by atoms with Crippen LogP contribution in [-0.4, -0.2) is 28.1 Å². The second-order valence-electron chi connectivity index (χ2n) is 3.54. The smallest absolute Gasteiger partial charge is 0.247 e. The first-order chi connectivity index (χ1) is 7.52. The van der Waals surface area contributed by atoms with Gasteiger partial charge < -0.3 is 10.6 Å². The van der Waals surface area contributed by atoms with Gasteiger partial charge in [-0.2, -0.15) is 5.10 Å². The van der Waals surface area contributed by atoms with Gasteiger partial charge in [0.05, 0.1) is 0 Å². The molecule has 6 nitrogen and oxygen atoms in total. The SMILES string of the molecule is CCc1cc(NC(=O)C(C)NC(C)=O)n[nH]1. The Hall–Kier alpha value is -1.85. The largest absolute Gasteiger partial charge is 0.345 e. The Morgan fingerprint density at radius 2 is 2.25 bits per heavy atom. The van der Waals surface area contributed by atoms with Crippen molar-refractivity contribution >= 4 is 17.6 Å². The van der Waals surface area contributed by atoms with Crippen molar-refractivity contribution in [3.63, 3.8) is 0 Å². The average Bonchev–Trinajstić information content (AvgIpc) is 2.64. The Morgan fingerprint density at radius 3 is 2.75 bits per heavy atom. The third-order valence-electron chi connectivity index (χ3n) is 2.08. The van der Waals surface area contributed by atoms with Crippen molar-refractivity contribution in [1.82, 2.24) is 15.5 Å². The molecule has 0 radical (unpaired) electrons. The van der Waals surface area contributed by atoms with Gasteiger partial charge in [-0.1, -0.05) is 6.92 Å². The van der Waals surface area contributed by atoms with Gasteiger partial charge in [-0.25, -0.2) is 0 Å². The highest BCUT2D eigenvalue weighted by molar-refractivity contribution is 5.95. The minimum absolute atomic E-state index is 0.237. The lowest BCUT2D eigenvalue weighted by Gasteiger charge is -2.10. The van der Waals surface area contributed by atoms with Crippen LogP contribution in [0.5, 0.6) is 0 Å². The Kier molecular flexibility index (Phi) is 4.04. The van der Waals surface area contributed by atoms with Crippen LogP contribution >= 0.6 is 0 Å². The maximum Gasteiger partial charge on any atom is 0.247 e. The molecule has 1 rings (SSSR count). The van der Waals surface area contributed by atoms with Gasteiger partial charge in [0.1, 0.15) is 6.04 Å². The number of aryl methyl sites for hydroxylation is 1. The van der Waals surface area contributed by atoms with Crippen molar-refractivity contribution in [3.05, 3.63) is 11.8 Å². The minimum atomic E-state index is -0.570. The summed E-state index contributed by atoms with van der Waals surface area (Å²) in [5, 5.41) is 11.8. The number of carbonyl (C=O) groups excluding carboxylic acids is 2. The fraction of sp³-hybridized carbons (Fsp3) is 0.500. The zero-order valence-electron chi connectivity index (χ0n) is 9.63. The molecular formula is C10H16N4O2. The molecule has 1 aromatic rings. The van der Waals surface area contributed by atoms with Crippen LogP contribution in [0.3, 0.4) is 0 Å². The Balaban J connectivity index is 2.53. The number of aromatic amines is 1. The van der Waals surface area contributed by atoms with E-state index >= 15 is 0 Å². The molecule has 1 aromatic heterocycles. The van der Waals surface area contributed by atoms with Crippen LogP contribution in [0.25, 0.3) is 0 Å². The molecule has 0 saturated heterocycles. The second-order valence-corrected chi connectivity index (χ2v) is 3.54. The van der Waals surface area contributed by atoms with Gasteiger partial charge in [0.15, 0.2) is 5.82 Å². The normalized spacial score (nSPS) is 11.9. The van der Waals surface area contributed by atoms with Gasteiger partial charge in [-0.05, 0) is 13.3 Å². The van der Waals surface area contributed by atoms with Crippen molar-refractivity contribution < 1.29 is 9.59 Å². The first kappa shape index (κ1) is 12.2. The van der Waals surface area contributed by atoms with Gasteiger partial charge >= 0.3 is 0 Å². The minimum Gasteiger partial charge on any atom is -0.345 e. The zero-order valence-corrected chi connectivity index (χ0v) is 9.63. The van der Waals surface area contributed by atoms with E-state index in [-0.39, 0.29) is 11.8 Å². The summed E-state index contributed by atoms with van der Waals surface area (Å²) >= 11 is 0. The van der Waals surface area contributed by atoms with E-state index in [1.165, 1.54) is 6.92 Å². The number of hydrogen-bond acceptors (Lipinski definition) is 3. The lowest BCUT2D eigenvalue weighted by Crippen LogP contribution is -2.40. The topological polar surface area (TPSA) is 86.9 Å². The molecule has 16 heavy (non-hydrogen) atoms. The van der Waals surface area contributed by atoms with E-state index in [9.17, 15) is 9.59 Å². The van der Waals surface area contributed by atoms with Gasteiger partial charge in [-0.3, -0.25) is 14.7 Å². The maximum absolute atomic E-state index is 11.6. The fourth-order valence-electron chi connectivity index (χ4n) is 1.21. The highest BCUT2D eigenvalue weighted by Crippen LogP contribution is 2.05. The second kappa shape index (κ2) is 5.29. The van der Waals surface area contributed by atoms with E-state index in [1.807, 2.05) is 6.92 Å². The molecule has 0 aliphatic carbocycles. The van der Waals surface area contributed by atoms with Crippen molar-refractivity contribution in [2.45, 2.75) is 33.2 Å². The number of aromatic nitrogens is 2. The Labute approximate surface area is 93.8 Å². The molecule has 6 heteroatoms. The molecule has 1 unspecified atom stereocenters. The van der Waals surface area contributed by atoms with Crippen LogP contribution < -0.4 is 10.6 Å². The molecule has 1 atom stereocenters. The number of H-pyrrole nitrogens is 1. The first-order valence-corrected chi connectivity index (χ1v) is 5.15. The molecule has 0 bridgehead atoms. The molecule has 2 amide bonds. The lowest BCUT2D eigenvalue weighted by atomic mass is 10.3. The van der Waals surface area contributed by atoms with E-state index in [4.69, 9.17) is 0 Å². The molecule has 0 spiro atoms. The standard InChI is InChI=1S/C10H16N4O2/c1-4-8-5-9(14-13-8)12-10(16)6(2)11-7(3)15/h5-6H,4H2,1-3H3,(H,11,15)(H2,12,13,14,16). The zero-order chi connectivity index (χ0) is 12.1. The van der Waals surface area contributed by atoms with Crippen molar-refractivity contribution in [1.29, 1.82) is 0 Å². The van der Waals surface area contributed by atoms with Gasteiger partial charge in [0.25, 0.3) is 0 Å². The van der Waals surface area contributed by atoms with Gasteiger partial charge in [0.2, 0.25) is 11.8 Å². The maximum atomic E-state index is 11.6. The summed E-state index contributed by atoms with van der Waals surface area (Å²) in [5.74, 6) is -0.0534. The predicted octanol–water partition coefficient (Wildman–Crippen LogP) is 0.435. The summed E-state index contributed by atoms with van der Waals surface area (Å²) in [4.78, 5) is 22.3. The summed E-state index contributed by atoms with van der Waals surface area (Å²) in [5.41, 5.74) is 0.947. The van der Waals surface area contributed by atoms with Crippen LogP contribution in [0.1, 0.15) is 26.5 Å². The fourth-order valence-corrected chi connectivity index (χ4v) is 1.21. The van der Waals surface area contributed by atoms with E-state index in [0.717, 1.165) is 12.1 Å². The number of carbonyl (C=O) groups is 2. The highest BCUT2D eigenvalue weighted by Gasteiger charge is 2.14. The molecule has 0 aliphatic heterocycles. The third-order valence-corrected chi connectivity index (χ3v) is 2.08. The van der Waals surface area contributed by atoms with Crippen molar-refractivity contribution in [2.24, 2.45) is 0 Å². The number of anilines is 1.